The van der Waals surface area contributed by atoms with Crippen molar-refractivity contribution in [3.63, 3.8) is 0 Å². The van der Waals surface area contributed by atoms with Gasteiger partial charge in [0.2, 0.25) is 0 Å². The lowest BCUT2D eigenvalue weighted by Crippen LogP contribution is -2.39. The topological polar surface area (TPSA) is 66.8 Å². The Balaban J connectivity index is 1.57. The molecule has 1 amide bonds. The summed E-state index contributed by atoms with van der Waals surface area (Å²) >= 11 is 0. The van der Waals surface area contributed by atoms with Crippen molar-refractivity contribution in [2.75, 3.05) is 13.1 Å². The largest absolute Gasteiger partial charge is 0.342 e. The summed E-state index contributed by atoms with van der Waals surface area (Å²) < 4.78 is 1.75. The first kappa shape index (κ1) is 15.9. The molecular weight excluding hydrogens is 314 g/mol. The molecule has 0 radical (unpaired) electrons. The standard InChI is InChI=1S/C19H23N5O/c1-12-6-7-16-17(9-12)22-18(21-16)14-5-4-8-24(11-14)19(25)15-10-20-23(3)13(15)2/h6-7,9-10,14H,4-5,8,11H2,1-3H3,(H,21,22). The Morgan fingerprint density at radius 3 is 2.92 bits per heavy atom. The molecule has 3 aromatic rings. The highest BCUT2D eigenvalue weighted by Crippen LogP contribution is 2.28. The van der Waals surface area contributed by atoms with Crippen LogP contribution in [0.15, 0.2) is 24.4 Å². The molecule has 1 fully saturated rings. The number of hydrogen-bond donors (Lipinski definition) is 1. The van der Waals surface area contributed by atoms with Crippen LogP contribution in [0.2, 0.25) is 0 Å². The number of fused-ring (bicyclic) bond motifs is 1. The molecule has 1 aliphatic rings. The fraction of sp³-hybridized carbons (Fsp3) is 0.421. The van der Waals surface area contributed by atoms with Crippen LogP contribution in [-0.2, 0) is 7.05 Å². The van der Waals surface area contributed by atoms with Gasteiger partial charge < -0.3 is 9.88 Å². The number of benzene rings is 1. The van der Waals surface area contributed by atoms with Crippen molar-refractivity contribution in [1.29, 1.82) is 0 Å². The molecule has 1 unspecified atom stereocenters. The maximum absolute atomic E-state index is 12.9. The molecule has 25 heavy (non-hydrogen) atoms. The van der Waals surface area contributed by atoms with Crippen LogP contribution in [0.4, 0.5) is 0 Å². The number of carbonyl (C=O) groups excluding carboxylic acids is 1. The number of piperidine rings is 1. The van der Waals surface area contributed by atoms with E-state index in [0.29, 0.717) is 12.1 Å². The van der Waals surface area contributed by atoms with E-state index in [-0.39, 0.29) is 11.8 Å². The van der Waals surface area contributed by atoms with E-state index >= 15 is 0 Å². The number of nitrogens with one attached hydrogen (secondary N) is 1. The Morgan fingerprint density at radius 1 is 1.32 bits per heavy atom. The van der Waals surface area contributed by atoms with E-state index in [1.807, 2.05) is 18.9 Å². The molecule has 0 bridgehead atoms. The van der Waals surface area contributed by atoms with E-state index in [0.717, 1.165) is 41.9 Å². The average molecular weight is 337 g/mol. The number of nitrogens with zero attached hydrogens (tertiary/aromatic N) is 4. The summed E-state index contributed by atoms with van der Waals surface area (Å²) in [6.07, 6.45) is 3.71. The minimum absolute atomic E-state index is 0.0715. The Labute approximate surface area is 146 Å². The average Bonchev–Trinajstić information content (AvgIpc) is 3.18. The summed E-state index contributed by atoms with van der Waals surface area (Å²) in [7, 11) is 1.86. The fourth-order valence-electron chi connectivity index (χ4n) is 3.60. The van der Waals surface area contributed by atoms with E-state index in [1.165, 1.54) is 5.56 Å². The number of rotatable bonds is 2. The summed E-state index contributed by atoms with van der Waals surface area (Å²) in [5, 5.41) is 4.20. The Bertz CT molecular complexity index is 939. The van der Waals surface area contributed by atoms with Crippen molar-refractivity contribution in [2.24, 2.45) is 7.05 Å². The first-order valence-corrected chi connectivity index (χ1v) is 8.77. The first-order valence-electron chi connectivity index (χ1n) is 8.77. The molecule has 6 nitrogen and oxygen atoms in total. The minimum Gasteiger partial charge on any atom is -0.342 e. The second kappa shape index (κ2) is 6.02. The Kier molecular flexibility index (Phi) is 3.82. The van der Waals surface area contributed by atoms with Crippen LogP contribution >= 0.6 is 0 Å². The zero-order chi connectivity index (χ0) is 17.6. The highest BCUT2D eigenvalue weighted by Gasteiger charge is 2.28. The fourth-order valence-corrected chi connectivity index (χ4v) is 3.60. The molecule has 0 saturated carbocycles. The molecule has 130 valence electrons. The van der Waals surface area contributed by atoms with E-state index < -0.39 is 0 Å². The van der Waals surface area contributed by atoms with Crippen LogP contribution in [0.3, 0.4) is 0 Å². The van der Waals surface area contributed by atoms with Gasteiger partial charge in [-0.05, 0) is 44.4 Å². The summed E-state index contributed by atoms with van der Waals surface area (Å²) in [6, 6.07) is 6.25. The summed E-state index contributed by atoms with van der Waals surface area (Å²) in [5.74, 6) is 1.31. The van der Waals surface area contributed by atoms with Gasteiger partial charge in [-0.15, -0.1) is 0 Å². The van der Waals surface area contributed by atoms with Crippen molar-refractivity contribution < 1.29 is 4.79 Å². The van der Waals surface area contributed by atoms with Crippen molar-refractivity contribution in [2.45, 2.75) is 32.6 Å². The number of likely N-dealkylation sites (tertiary alicyclic amines) is 1. The smallest absolute Gasteiger partial charge is 0.257 e. The van der Waals surface area contributed by atoms with E-state index in [9.17, 15) is 4.79 Å². The minimum atomic E-state index is 0.0715. The quantitative estimate of drug-likeness (QED) is 0.782. The summed E-state index contributed by atoms with van der Waals surface area (Å²) in [5.41, 5.74) is 4.89. The zero-order valence-electron chi connectivity index (χ0n) is 14.9. The van der Waals surface area contributed by atoms with Crippen LogP contribution in [0, 0.1) is 13.8 Å². The lowest BCUT2D eigenvalue weighted by atomic mass is 9.97. The predicted octanol–water partition coefficient (Wildman–Crippen LogP) is 2.93. The Morgan fingerprint density at radius 2 is 2.16 bits per heavy atom. The number of carbonyl (C=O) groups is 1. The molecule has 1 N–H and O–H groups in total. The van der Waals surface area contributed by atoms with E-state index in [4.69, 9.17) is 4.98 Å². The maximum atomic E-state index is 12.9. The Hall–Kier alpha value is -2.63. The third-order valence-corrected chi connectivity index (χ3v) is 5.22. The summed E-state index contributed by atoms with van der Waals surface area (Å²) in [6.45, 7) is 5.51. The van der Waals surface area contributed by atoms with Crippen molar-refractivity contribution in [1.82, 2.24) is 24.6 Å². The number of amides is 1. The van der Waals surface area contributed by atoms with Gasteiger partial charge in [0.15, 0.2) is 0 Å². The van der Waals surface area contributed by atoms with Gasteiger partial charge in [0, 0.05) is 31.7 Å². The molecule has 1 atom stereocenters. The molecule has 4 rings (SSSR count). The van der Waals surface area contributed by atoms with Gasteiger partial charge >= 0.3 is 0 Å². The molecule has 0 aliphatic carbocycles. The van der Waals surface area contributed by atoms with Gasteiger partial charge in [-0.1, -0.05) is 6.07 Å². The second-order valence-corrected chi connectivity index (χ2v) is 7.00. The monoisotopic (exact) mass is 337 g/mol. The number of aryl methyl sites for hydroxylation is 2. The molecular formula is C19H23N5O. The molecule has 6 heteroatoms. The van der Waals surface area contributed by atoms with Crippen LogP contribution in [-0.4, -0.2) is 43.6 Å². The molecule has 1 aliphatic heterocycles. The SMILES string of the molecule is Cc1ccc2nc(C3CCCN(C(=O)c4cnn(C)c4C)C3)[nH]c2c1. The zero-order valence-corrected chi connectivity index (χ0v) is 14.9. The van der Waals surface area contributed by atoms with E-state index in [1.54, 1.807) is 10.9 Å². The van der Waals surface area contributed by atoms with Crippen molar-refractivity contribution in [3.05, 3.63) is 47.0 Å². The second-order valence-electron chi connectivity index (χ2n) is 7.00. The van der Waals surface area contributed by atoms with Gasteiger partial charge in [0.05, 0.1) is 22.8 Å². The van der Waals surface area contributed by atoms with Crippen LogP contribution in [0.5, 0.6) is 0 Å². The molecule has 0 spiro atoms. The molecule has 2 aromatic heterocycles. The van der Waals surface area contributed by atoms with E-state index in [2.05, 4.69) is 35.2 Å². The first-order chi connectivity index (χ1) is 12.0. The number of H-pyrrole nitrogens is 1. The number of imidazole rings is 1. The van der Waals surface area contributed by atoms with Gasteiger partial charge in [-0.2, -0.15) is 5.10 Å². The highest BCUT2D eigenvalue weighted by molar-refractivity contribution is 5.95. The van der Waals surface area contributed by atoms with Crippen LogP contribution in [0.25, 0.3) is 11.0 Å². The van der Waals surface area contributed by atoms with Crippen LogP contribution < -0.4 is 0 Å². The normalized spacial score (nSPS) is 18.0. The van der Waals surface area contributed by atoms with Crippen LogP contribution in [0.1, 0.15) is 46.2 Å². The molecule has 3 heterocycles. The molecule has 1 saturated heterocycles. The lowest BCUT2D eigenvalue weighted by Gasteiger charge is -2.31. The number of hydrogen-bond acceptors (Lipinski definition) is 3. The summed E-state index contributed by atoms with van der Waals surface area (Å²) in [4.78, 5) is 23.0. The number of aromatic nitrogens is 4. The van der Waals surface area contributed by atoms with Crippen molar-refractivity contribution in [3.8, 4) is 0 Å². The van der Waals surface area contributed by atoms with Gasteiger partial charge in [0.25, 0.3) is 5.91 Å². The third kappa shape index (κ3) is 2.81. The highest BCUT2D eigenvalue weighted by atomic mass is 16.2. The molecule has 1 aromatic carbocycles. The third-order valence-electron chi connectivity index (χ3n) is 5.22. The van der Waals surface area contributed by atoms with Gasteiger partial charge in [0.1, 0.15) is 5.82 Å². The lowest BCUT2D eigenvalue weighted by molar-refractivity contribution is 0.0704. The van der Waals surface area contributed by atoms with Gasteiger partial charge in [-0.25, -0.2) is 4.98 Å². The van der Waals surface area contributed by atoms with Crippen molar-refractivity contribution >= 4 is 16.9 Å². The number of aromatic amines is 1. The maximum Gasteiger partial charge on any atom is 0.257 e. The predicted molar refractivity (Wildman–Crippen MR) is 96.7 cm³/mol. The van der Waals surface area contributed by atoms with Gasteiger partial charge in [-0.3, -0.25) is 9.48 Å².